The molecule has 1 aromatic rings. The number of likely N-dealkylation sites (tertiary alicyclic amines) is 1. The molecule has 2 nitrogen and oxygen atoms in total. The molecule has 2 rings (SSSR count). The van der Waals surface area contributed by atoms with E-state index in [1.165, 1.54) is 12.1 Å². The third kappa shape index (κ3) is 3.48. The van der Waals surface area contributed by atoms with Crippen LogP contribution in [0.4, 0.5) is 4.39 Å². The summed E-state index contributed by atoms with van der Waals surface area (Å²) in [5.41, 5.74) is 0.372. The molecule has 1 fully saturated rings. The average molecular weight is 349 g/mol. The number of carbonyl (C=O) groups excluding carboxylic acids is 1. The Morgan fingerprint density at radius 2 is 2.21 bits per heavy atom. The highest BCUT2D eigenvalue weighted by Crippen LogP contribution is 2.24. The van der Waals surface area contributed by atoms with E-state index in [4.69, 9.17) is 11.6 Å². The molecular formula is C14H16BrClFNO. The second-order valence-corrected chi connectivity index (χ2v) is 5.94. The number of halogens is 3. The van der Waals surface area contributed by atoms with Crippen LogP contribution in [0.5, 0.6) is 0 Å². The molecule has 5 heteroatoms. The number of benzene rings is 1. The highest BCUT2D eigenvalue weighted by Gasteiger charge is 2.26. The normalized spacial score (nSPS) is 20.2. The minimum absolute atomic E-state index is 0.0480. The number of alkyl halides is 1. The van der Waals surface area contributed by atoms with Gasteiger partial charge in [-0.3, -0.25) is 4.79 Å². The average Bonchev–Trinajstić information content (AvgIpc) is 2.65. The van der Waals surface area contributed by atoms with Gasteiger partial charge in [-0.2, -0.15) is 0 Å². The van der Waals surface area contributed by atoms with E-state index >= 15 is 0 Å². The molecule has 19 heavy (non-hydrogen) atoms. The van der Waals surface area contributed by atoms with Crippen molar-refractivity contribution < 1.29 is 9.18 Å². The maximum Gasteiger partial charge on any atom is 0.255 e. The van der Waals surface area contributed by atoms with Gasteiger partial charge in [0, 0.05) is 22.9 Å². The van der Waals surface area contributed by atoms with Crippen LogP contribution in [0.3, 0.4) is 0 Å². The fourth-order valence-corrected chi connectivity index (χ4v) is 3.16. The zero-order valence-electron chi connectivity index (χ0n) is 10.5. The van der Waals surface area contributed by atoms with E-state index in [1.807, 2.05) is 0 Å². The van der Waals surface area contributed by atoms with Gasteiger partial charge in [-0.1, -0.05) is 12.8 Å². The summed E-state index contributed by atoms with van der Waals surface area (Å²) in [5, 5.41) is 0. The predicted octanol–water partition coefficient (Wildman–Crippen LogP) is 4.21. The fourth-order valence-electron chi connectivity index (χ4n) is 2.42. The largest absolute Gasteiger partial charge is 0.334 e. The maximum absolute atomic E-state index is 13.3. The monoisotopic (exact) mass is 347 g/mol. The molecular weight excluding hydrogens is 333 g/mol. The van der Waals surface area contributed by atoms with Gasteiger partial charge in [0.05, 0.1) is 5.56 Å². The first-order valence-electron chi connectivity index (χ1n) is 6.45. The lowest BCUT2D eigenvalue weighted by molar-refractivity contribution is 0.0699. The molecule has 1 heterocycles. The van der Waals surface area contributed by atoms with Crippen molar-refractivity contribution in [2.24, 2.45) is 0 Å². The first-order valence-corrected chi connectivity index (χ1v) is 7.78. The topological polar surface area (TPSA) is 20.3 Å². The van der Waals surface area contributed by atoms with Gasteiger partial charge >= 0.3 is 0 Å². The lowest BCUT2D eigenvalue weighted by atomic mass is 10.1. The Balaban J connectivity index is 2.27. The van der Waals surface area contributed by atoms with E-state index in [1.54, 1.807) is 11.0 Å². The summed E-state index contributed by atoms with van der Waals surface area (Å²) >= 11 is 9.28. The van der Waals surface area contributed by atoms with Crippen molar-refractivity contribution in [3.05, 3.63) is 34.1 Å². The molecule has 1 aromatic carbocycles. The van der Waals surface area contributed by atoms with Crippen LogP contribution >= 0.6 is 27.5 Å². The number of carbonyl (C=O) groups is 1. The number of rotatable bonds is 2. The molecule has 0 spiro atoms. The highest BCUT2D eigenvalue weighted by molar-refractivity contribution is 9.10. The van der Waals surface area contributed by atoms with Crippen LogP contribution in [0.2, 0.25) is 0 Å². The summed E-state index contributed by atoms with van der Waals surface area (Å²) in [5.74, 6) is -0.110. The van der Waals surface area contributed by atoms with Crippen LogP contribution in [-0.2, 0) is 0 Å². The van der Waals surface area contributed by atoms with Crippen molar-refractivity contribution in [3.8, 4) is 0 Å². The van der Waals surface area contributed by atoms with Gasteiger partial charge in [-0.25, -0.2) is 4.39 Å². The molecule has 1 aliphatic heterocycles. The molecule has 1 saturated heterocycles. The summed E-state index contributed by atoms with van der Waals surface area (Å²) in [7, 11) is 0. The summed E-state index contributed by atoms with van der Waals surface area (Å²) in [6.45, 7) is 0.694. The Morgan fingerprint density at radius 3 is 2.95 bits per heavy atom. The van der Waals surface area contributed by atoms with E-state index in [2.05, 4.69) is 15.9 Å². The minimum Gasteiger partial charge on any atom is -0.334 e. The Hall–Kier alpha value is -0.610. The summed E-state index contributed by atoms with van der Waals surface area (Å²) < 4.78 is 13.9. The predicted molar refractivity (Wildman–Crippen MR) is 78.1 cm³/mol. The molecule has 0 radical (unpaired) electrons. The molecule has 0 bridgehead atoms. The number of hydrogen-bond acceptors (Lipinski definition) is 1. The third-order valence-corrected chi connectivity index (χ3v) is 4.52. The fraction of sp³-hybridized carbons (Fsp3) is 0.500. The van der Waals surface area contributed by atoms with Gasteiger partial charge in [0.15, 0.2) is 0 Å². The highest BCUT2D eigenvalue weighted by atomic mass is 79.9. The summed E-state index contributed by atoms with van der Waals surface area (Å²) in [6.07, 6.45) is 4.10. The quantitative estimate of drug-likeness (QED) is 0.733. The van der Waals surface area contributed by atoms with Gasteiger partial charge < -0.3 is 4.90 Å². The zero-order valence-corrected chi connectivity index (χ0v) is 12.9. The number of nitrogens with zero attached hydrogens (tertiary/aromatic N) is 1. The Bertz CT molecular complexity index is 469. The van der Waals surface area contributed by atoms with Crippen LogP contribution in [-0.4, -0.2) is 29.3 Å². The van der Waals surface area contributed by atoms with Crippen molar-refractivity contribution in [2.75, 3.05) is 12.4 Å². The standard InChI is InChI=1S/C14H16BrClFNO/c15-13-6-5-10(17)8-12(13)14(19)18-7-3-1-2-4-11(18)9-16/h5-6,8,11H,1-4,7,9H2. The van der Waals surface area contributed by atoms with Crippen molar-refractivity contribution >= 4 is 33.4 Å². The second-order valence-electron chi connectivity index (χ2n) is 4.78. The molecule has 0 saturated carbocycles. The van der Waals surface area contributed by atoms with Crippen LogP contribution in [0, 0.1) is 5.82 Å². The molecule has 1 atom stereocenters. The lowest BCUT2D eigenvalue weighted by Crippen LogP contribution is -2.41. The molecule has 1 unspecified atom stereocenters. The van der Waals surface area contributed by atoms with Gasteiger partial charge in [-0.05, 0) is 47.0 Å². The molecule has 0 aromatic heterocycles. The van der Waals surface area contributed by atoms with Gasteiger partial charge in [0.1, 0.15) is 5.82 Å². The van der Waals surface area contributed by atoms with Gasteiger partial charge in [0.2, 0.25) is 0 Å². The second kappa shape index (κ2) is 6.71. The van der Waals surface area contributed by atoms with E-state index in [9.17, 15) is 9.18 Å². The van der Waals surface area contributed by atoms with Crippen molar-refractivity contribution in [2.45, 2.75) is 31.7 Å². The van der Waals surface area contributed by atoms with Crippen LogP contribution in [0.15, 0.2) is 22.7 Å². The molecule has 104 valence electrons. The SMILES string of the molecule is O=C(c1cc(F)ccc1Br)N1CCCCCC1CCl. The lowest BCUT2D eigenvalue weighted by Gasteiger charge is -2.29. The van der Waals surface area contributed by atoms with Crippen LogP contribution < -0.4 is 0 Å². The third-order valence-electron chi connectivity index (χ3n) is 3.47. The molecule has 1 aliphatic rings. The first-order chi connectivity index (χ1) is 9.13. The smallest absolute Gasteiger partial charge is 0.255 e. The zero-order chi connectivity index (χ0) is 13.8. The summed E-state index contributed by atoms with van der Waals surface area (Å²) in [4.78, 5) is 14.4. The van der Waals surface area contributed by atoms with Crippen molar-refractivity contribution in [1.29, 1.82) is 0 Å². The van der Waals surface area contributed by atoms with E-state index < -0.39 is 5.82 Å². The summed E-state index contributed by atoms with van der Waals surface area (Å²) in [6, 6.07) is 4.23. The van der Waals surface area contributed by atoms with Gasteiger partial charge in [0.25, 0.3) is 5.91 Å². The van der Waals surface area contributed by atoms with Crippen molar-refractivity contribution in [1.82, 2.24) is 4.90 Å². The molecule has 0 aliphatic carbocycles. The van der Waals surface area contributed by atoms with Crippen LogP contribution in [0.1, 0.15) is 36.0 Å². The van der Waals surface area contributed by atoms with E-state index in [-0.39, 0.29) is 11.9 Å². The Kier molecular flexibility index (Phi) is 5.22. The first kappa shape index (κ1) is 14.8. The van der Waals surface area contributed by atoms with Crippen LogP contribution in [0.25, 0.3) is 0 Å². The minimum atomic E-state index is -0.399. The number of amides is 1. The number of hydrogen-bond donors (Lipinski definition) is 0. The van der Waals surface area contributed by atoms with E-state index in [0.29, 0.717) is 22.5 Å². The van der Waals surface area contributed by atoms with Gasteiger partial charge in [-0.15, -0.1) is 11.6 Å². The maximum atomic E-state index is 13.3. The molecule has 1 amide bonds. The van der Waals surface area contributed by atoms with Crippen molar-refractivity contribution in [3.63, 3.8) is 0 Å². The van der Waals surface area contributed by atoms with E-state index in [0.717, 1.165) is 25.7 Å². The Labute approximate surface area is 126 Å². The Morgan fingerprint density at radius 1 is 1.42 bits per heavy atom. The molecule has 0 N–H and O–H groups in total.